The molecule has 0 saturated carbocycles. The molecule has 7 nitrogen and oxygen atoms in total. The standard InChI is InChI=1S/C22H25N5O2/c1-3-26-5-4-18(13-26)27-12-16-7-19-15(6-14(16)8-20(27)28)9-23-21(19)17-10-24-22(29-2)25-11-17/h6-7,10-11,18H,3-5,8-9,12-13H2,1-2H3/t18-/m1/s1. The Morgan fingerprint density at radius 1 is 1.17 bits per heavy atom. The van der Waals surface area contributed by atoms with Crippen LogP contribution in [0.4, 0.5) is 0 Å². The first-order valence-corrected chi connectivity index (χ1v) is 10.2. The van der Waals surface area contributed by atoms with Crippen LogP contribution in [0.2, 0.25) is 0 Å². The second-order valence-corrected chi connectivity index (χ2v) is 7.94. The molecule has 2 aromatic rings. The zero-order valence-corrected chi connectivity index (χ0v) is 16.9. The van der Waals surface area contributed by atoms with Gasteiger partial charge in [-0.15, -0.1) is 0 Å². The second-order valence-electron chi connectivity index (χ2n) is 7.94. The number of hydrogen-bond acceptors (Lipinski definition) is 6. The second kappa shape index (κ2) is 7.22. The van der Waals surface area contributed by atoms with Gasteiger partial charge in [0.2, 0.25) is 5.91 Å². The van der Waals surface area contributed by atoms with Gasteiger partial charge < -0.3 is 14.5 Å². The molecule has 3 aliphatic rings. The third kappa shape index (κ3) is 3.19. The number of rotatable bonds is 4. The molecule has 1 aromatic heterocycles. The minimum atomic E-state index is 0.253. The fourth-order valence-electron chi connectivity index (χ4n) is 4.67. The maximum Gasteiger partial charge on any atom is 0.316 e. The van der Waals surface area contributed by atoms with Crippen molar-refractivity contribution in [2.24, 2.45) is 4.99 Å². The molecule has 0 N–H and O–H groups in total. The van der Waals surface area contributed by atoms with Gasteiger partial charge in [-0.2, -0.15) is 0 Å². The number of likely N-dealkylation sites (tertiary alicyclic amines) is 1. The molecule has 150 valence electrons. The molecule has 1 amide bonds. The summed E-state index contributed by atoms with van der Waals surface area (Å²) < 4.78 is 5.06. The van der Waals surface area contributed by atoms with Crippen LogP contribution in [0.5, 0.6) is 6.01 Å². The van der Waals surface area contributed by atoms with Gasteiger partial charge in [0.05, 0.1) is 25.8 Å². The van der Waals surface area contributed by atoms with E-state index in [-0.39, 0.29) is 5.91 Å². The molecule has 0 radical (unpaired) electrons. The summed E-state index contributed by atoms with van der Waals surface area (Å²) in [5, 5.41) is 0. The van der Waals surface area contributed by atoms with Crippen molar-refractivity contribution >= 4 is 11.6 Å². The van der Waals surface area contributed by atoms with Crippen molar-refractivity contribution in [2.75, 3.05) is 26.7 Å². The number of aliphatic imine (C=N–C) groups is 1. The number of carbonyl (C=O) groups excluding carboxylic acids is 1. The van der Waals surface area contributed by atoms with Gasteiger partial charge >= 0.3 is 6.01 Å². The Bertz CT molecular complexity index is 985. The van der Waals surface area contributed by atoms with E-state index in [1.54, 1.807) is 19.5 Å². The van der Waals surface area contributed by atoms with Crippen LogP contribution >= 0.6 is 0 Å². The van der Waals surface area contributed by atoms with Crippen LogP contribution in [0.25, 0.3) is 0 Å². The lowest BCUT2D eigenvalue weighted by atomic mass is 9.91. The third-order valence-electron chi connectivity index (χ3n) is 6.31. The van der Waals surface area contributed by atoms with Crippen LogP contribution < -0.4 is 4.74 Å². The predicted octanol–water partition coefficient (Wildman–Crippen LogP) is 1.82. The lowest BCUT2D eigenvalue weighted by Crippen LogP contribution is -2.44. The number of nitrogens with zero attached hydrogens (tertiary/aromatic N) is 5. The molecular weight excluding hydrogens is 366 g/mol. The Morgan fingerprint density at radius 2 is 2.00 bits per heavy atom. The topological polar surface area (TPSA) is 70.9 Å². The summed E-state index contributed by atoms with van der Waals surface area (Å²) in [6.45, 7) is 6.62. The van der Waals surface area contributed by atoms with Crippen LogP contribution in [0, 0.1) is 0 Å². The fraction of sp³-hybridized carbons (Fsp3) is 0.455. The molecule has 5 rings (SSSR count). The van der Waals surface area contributed by atoms with E-state index in [1.165, 1.54) is 11.1 Å². The number of methoxy groups -OCH3 is 1. The maximum absolute atomic E-state index is 12.8. The number of aromatic nitrogens is 2. The van der Waals surface area contributed by atoms with Crippen LogP contribution in [0.15, 0.2) is 29.5 Å². The molecule has 7 heteroatoms. The van der Waals surface area contributed by atoms with E-state index >= 15 is 0 Å². The van der Waals surface area contributed by atoms with Gasteiger partial charge in [-0.05, 0) is 35.7 Å². The molecule has 1 fully saturated rings. The summed E-state index contributed by atoms with van der Waals surface area (Å²) in [7, 11) is 1.56. The minimum Gasteiger partial charge on any atom is -0.467 e. The third-order valence-corrected chi connectivity index (χ3v) is 6.31. The molecular formula is C22H25N5O2. The first-order valence-electron chi connectivity index (χ1n) is 10.2. The Hall–Kier alpha value is -2.80. The van der Waals surface area contributed by atoms with Crippen LogP contribution in [-0.4, -0.2) is 64.2 Å². The highest BCUT2D eigenvalue weighted by Gasteiger charge is 2.34. The Morgan fingerprint density at radius 3 is 2.72 bits per heavy atom. The summed E-state index contributed by atoms with van der Waals surface area (Å²) in [6.07, 6.45) is 5.07. The van der Waals surface area contributed by atoms with Crippen LogP contribution in [0.1, 0.15) is 41.2 Å². The van der Waals surface area contributed by atoms with E-state index in [0.29, 0.717) is 31.6 Å². The van der Waals surface area contributed by atoms with Gasteiger partial charge in [-0.25, -0.2) is 9.97 Å². The van der Waals surface area contributed by atoms with Crippen molar-refractivity contribution < 1.29 is 9.53 Å². The van der Waals surface area contributed by atoms with Gasteiger partial charge in [0, 0.05) is 49.2 Å². The summed E-state index contributed by atoms with van der Waals surface area (Å²) in [4.78, 5) is 30.5. The molecule has 1 aromatic carbocycles. The van der Waals surface area contributed by atoms with Crippen molar-refractivity contribution in [1.82, 2.24) is 19.8 Å². The normalized spacial score (nSPS) is 21.2. The average molecular weight is 391 g/mol. The number of likely N-dealkylation sites (N-methyl/N-ethyl adjacent to an activating group) is 1. The number of fused-ring (bicyclic) bond motifs is 2. The van der Waals surface area contributed by atoms with E-state index < -0.39 is 0 Å². The molecule has 0 spiro atoms. The van der Waals surface area contributed by atoms with Crippen molar-refractivity contribution in [3.05, 3.63) is 52.3 Å². The zero-order chi connectivity index (χ0) is 20.0. The molecule has 3 aliphatic heterocycles. The number of ether oxygens (including phenoxy) is 1. The van der Waals surface area contributed by atoms with Gasteiger partial charge in [-0.1, -0.05) is 13.0 Å². The molecule has 1 saturated heterocycles. The van der Waals surface area contributed by atoms with Crippen molar-refractivity contribution in [3.8, 4) is 6.01 Å². The highest BCUT2D eigenvalue weighted by atomic mass is 16.5. The number of benzene rings is 1. The maximum atomic E-state index is 12.8. The highest BCUT2D eigenvalue weighted by Crippen LogP contribution is 2.31. The van der Waals surface area contributed by atoms with Crippen LogP contribution in [0.3, 0.4) is 0 Å². The quantitative estimate of drug-likeness (QED) is 0.795. The summed E-state index contributed by atoms with van der Waals surface area (Å²) >= 11 is 0. The lowest BCUT2D eigenvalue weighted by Gasteiger charge is -2.34. The lowest BCUT2D eigenvalue weighted by molar-refractivity contribution is -0.134. The molecule has 1 atom stereocenters. The van der Waals surface area contributed by atoms with Gasteiger partial charge in [-0.3, -0.25) is 9.79 Å². The van der Waals surface area contributed by atoms with E-state index in [1.807, 2.05) is 0 Å². The highest BCUT2D eigenvalue weighted by molar-refractivity contribution is 6.15. The predicted molar refractivity (Wildman–Crippen MR) is 109 cm³/mol. The average Bonchev–Trinajstić information content (AvgIpc) is 3.38. The van der Waals surface area contributed by atoms with Crippen molar-refractivity contribution in [3.63, 3.8) is 0 Å². The summed E-state index contributed by atoms with van der Waals surface area (Å²) in [5.74, 6) is 0.253. The molecule has 0 unspecified atom stereocenters. The van der Waals surface area contributed by atoms with Crippen molar-refractivity contribution in [2.45, 2.75) is 38.9 Å². The Labute approximate surface area is 170 Å². The van der Waals surface area contributed by atoms with E-state index in [4.69, 9.17) is 9.73 Å². The van der Waals surface area contributed by atoms with E-state index in [2.05, 4.69) is 38.8 Å². The summed E-state index contributed by atoms with van der Waals surface area (Å²) in [6, 6.07) is 5.08. The molecule has 29 heavy (non-hydrogen) atoms. The number of carbonyl (C=O) groups is 1. The monoisotopic (exact) mass is 391 g/mol. The summed E-state index contributed by atoms with van der Waals surface area (Å²) in [5.41, 5.74) is 6.51. The molecule has 0 bridgehead atoms. The minimum absolute atomic E-state index is 0.253. The first kappa shape index (κ1) is 18.2. The number of amides is 1. The Balaban J connectivity index is 1.43. The molecule has 0 aliphatic carbocycles. The van der Waals surface area contributed by atoms with E-state index in [9.17, 15) is 4.79 Å². The van der Waals surface area contributed by atoms with Gasteiger partial charge in [0.25, 0.3) is 0 Å². The smallest absolute Gasteiger partial charge is 0.316 e. The largest absolute Gasteiger partial charge is 0.467 e. The van der Waals surface area contributed by atoms with Crippen molar-refractivity contribution in [1.29, 1.82) is 0 Å². The van der Waals surface area contributed by atoms with E-state index in [0.717, 1.165) is 48.5 Å². The van der Waals surface area contributed by atoms with Crippen LogP contribution in [-0.2, 0) is 24.3 Å². The zero-order valence-electron chi connectivity index (χ0n) is 16.9. The van der Waals surface area contributed by atoms with Gasteiger partial charge in [0.15, 0.2) is 0 Å². The first-order chi connectivity index (χ1) is 14.2. The van der Waals surface area contributed by atoms with Gasteiger partial charge in [0.1, 0.15) is 0 Å². The fourth-order valence-corrected chi connectivity index (χ4v) is 4.67. The SMILES string of the molecule is CCN1CC[C@@H](N2Cc3cc4c(cc3CC2=O)CN=C4c2cnc(OC)nc2)C1. The number of hydrogen-bond donors (Lipinski definition) is 0. The Kier molecular flexibility index (Phi) is 4.54. The molecule has 4 heterocycles.